The molecular weight excluding hydrogens is 342 g/mol. The molecule has 1 aliphatic heterocycles. The minimum Gasteiger partial charge on any atom is -0.497 e. The maximum Gasteiger partial charge on any atom is 0.319 e. The molecule has 0 saturated carbocycles. The second-order valence-corrected chi connectivity index (χ2v) is 6.61. The molecule has 0 aromatic heterocycles. The lowest BCUT2D eigenvalue weighted by Gasteiger charge is -2.17. The SMILES string of the molecule is CCCN1C[C@@H](NC(=O)Nc2ccccc2-c2ccc(OC)cc2)CC1=O. The Bertz CT molecular complexity index is 805. The molecule has 3 amide bonds. The molecule has 3 rings (SSSR count). The zero-order valence-corrected chi connectivity index (χ0v) is 15.7. The summed E-state index contributed by atoms with van der Waals surface area (Å²) in [6.45, 7) is 3.34. The zero-order chi connectivity index (χ0) is 19.2. The molecule has 2 aromatic carbocycles. The normalized spacial score (nSPS) is 16.3. The van der Waals surface area contributed by atoms with Crippen LogP contribution in [0.15, 0.2) is 48.5 Å². The number of anilines is 1. The Morgan fingerprint density at radius 3 is 2.63 bits per heavy atom. The van der Waals surface area contributed by atoms with Crippen molar-refractivity contribution in [3.63, 3.8) is 0 Å². The van der Waals surface area contributed by atoms with E-state index in [2.05, 4.69) is 10.6 Å². The molecule has 2 N–H and O–H groups in total. The van der Waals surface area contributed by atoms with Crippen molar-refractivity contribution in [2.24, 2.45) is 0 Å². The van der Waals surface area contributed by atoms with Crippen LogP contribution in [0.1, 0.15) is 19.8 Å². The van der Waals surface area contributed by atoms with E-state index in [0.29, 0.717) is 13.0 Å². The number of amides is 3. The molecule has 0 radical (unpaired) electrons. The lowest BCUT2D eigenvalue weighted by Crippen LogP contribution is -2.39. The second kappa shape index (κ2) is 8.58. The summed E-state index contributed by atoms with van der Waals surface area (Å²) in [5.41, 5.74) is 2.62. The zero-order valence-electron chi connectivity index (χ0n) is 15.7. The van der Waals surface area contributed by atoms with Crippen molar-refractivity contribution in [2.45, 2.75) is 25.8 Å². The summed E-state index contributed by atoms with van der Waals surface area (Å²) in [6.07, 6.45) is 1.27. The quantitative estimate of drug-likeness (QED) is 0.821. The monoisotopic (exact) mass is 367 g/mol. The fraction of sp³-hybridized carbons (Fsp3) is 0.333. The van der Waals surface area contributed by atoms with Gasteiger partial charge in [-0.2, -0.15) is 0 Å². The Morgan fingerprint density at radius 2 is 1.93 bits per heavy atom. The number of nitrogens with zero attached hydrogens (tertiary/aromatic N) is 1. The molecule has 1 aliphatic rings. The van der Waals surface area contributed by atoms with Crippen molar-refractivity contribution in [2.75, 3.05) is 25.5 Å². The third kappa shape index (κ3) is 4.58. The van der Waals surface area contributed by atoms with E-state index >= 15 is 0 Å². The molecule has 0 aliphatic carbocycles. The summed E-state index contributed by atoms with van der Waals surface area (Å²) >= 11 is 0. The van der Waals surface area contributed by atoms with E-state index < -0.39 is 0 Å². The number of hydrogen-bond acceptors (Lipinski definition) is 3. The highest BCUT2D eigenvalue weighted by molar-refractivity contribution is 5.95. The first-order chi connectivity index (χ1) is 13.1. The van der Waals surface area contributed by atoms with Crippen molar-refractivity contribution >= 4 is 17.6 Å². The summed E-state index contributed by atoms with van der Waals surface area (Å²) in [7, 11) is 1.63. The maximum atomic E-state index is 12.5. The van der Waals surface area contributed by atoms with E-state index in [1.807, 2.05) is 55.5 Å². The molecule has 1 atom stereocenters. The van der Waals surface area contributed by atoms with Gasteiger partial charge in [-0.1, -0.05) is 37.3 Å². The molecule has 0 bridgehead atoms. The molecule has 1 saturated heterocycles. The van der Waals surface area contributed by atoms with Crippen LogP contribution in [0, 0.1) is 0 Å². The van der Waals surface area contributed by atoms with Crippen molar-refractivity contribution < 1.29 is 14.3 Å². The lowest BCUT2D eigenvalue weighted by atomic mass is 10.0. The van der Waals surface area contributed by atoms with Crippen molar-refractivity contribution in [1.82, 2.24) is 10.2 Å². The Morgan fingerprint density at radius 1 is 1.19 bits per heavy atom. The van der Waals surface area contributed by atoms with Crippen LogP contribution in [-0.2, 0) is 4.79 Å². The second-order valence-electron chi connectivity index (χ2n) is 6.61. The molecule has 142 valence electrons. The van der Waals surface area contributed by atoms with Gasteiger partial charge in [-0.05, 0) is 30.2 Å². The lowest BCUT2D eigenvalue weighted by molar-refractivity contribution is -0.127. The number of nitrogens with one attached hydrogen (secondary N) is 2. The van der Waals surface area contributed by atoms with Gasteiger partial charge in [-0.15, -0.1) is 0 Å². The van der Waals surface area contributed by atoms with Gasteiger partial charge in [0.1, 0.15) is 5.75 Å². The summed E-state index contributed by atoms with van der Waals surface area (Å²) in [4.78, 5) is 26.2. The largest absolute Gasteiger partial charge is 0.497 e. The van der Waals surface area contributed by atoms with Gasteiger partial charge in [-0.25, -0.2) is 4.79 Å². The minimum atomic E-state index is -0.299. The van der Waals surface area contributed by atoms with Crippen LogP contribution in [0.3, 0.4) is 0 Å². The van der Waals surface area contributed by atoms with Gasteiger partial charge in [0.15, 0.2) is 0 Å². The van der Waals surface area contributed by atoms with E-state index in [1.165, 1.54) is 0 Å². The molecule has 0 spiro atoms. The summed E-state index contributed by atoms with van der Waals surface area (Å²) in [6, 6.07) is 14.9. The topological polar surface area (TPSA) is 70.7 Å². The average molecular weight is 367 g/mol. The number of carbonyl (C=O) groups is 2. The third-order valence-electron chi connectivity index (χ3n) is 4.62. The Labute approximate surface area is 159 Å². The van der Waals surface area contributed by atoms with Crippen molar-refractivity contribution in [3.8, 4) is 16.9 Å². The standard InChI is InChI=1S/C21H25N3O3/c1-3-12-24-14-16(13-20(24)25)22-21(26)23-19-7-5-4-6-18(19)15-8-10-17(27-2)11-9-15/h4-11,16H,3,12-14H2,1-2H3,(H2,22,23,26)/t16-/m0/s1. The van der Waals surface area contributed by atoms with E-state index in [0.717, 1.165) is 35.5 Å². The van der Waals surface area contributed by atoms with Crippen LogP contribution in [0.2, 0.25) is 0 Å². The van der Waals surface area contributed by atoms with Crippen molar-refractivity contribution in [1.29, 1.82) is 0 Å². The summed E-state index contributed by atoms with van der Waals surface area (Å²) < 4.78 is 5.20. The van der Waals surface area contributed by atoms with Gasteiger partial charge in [-0.3, -0.25) is 4.79 Å². The van der Waals surface area contributed by atoms with E-state index in [9.17, 15) is 9.59 Å². The van der Waals surface area contributed by atoms with Gasteiger partial charge >= 0.3 is 6.03 Å². The molecule has 6 heteroatoms. The van der Waals surface area contributed by atoms with Crippen LogP contribution in [0.25, 0.3) is 11.1 Å². The third-order valence-corrected chi connectivity index (χ3v) is 4.62. The number of rotatable bonds is 6. The Balaban J connectivity index is 1.67. The van der Waals surface area contributed by atoms with Gasteiger partial charge in [0, 0.05) is 25.1 Å². The van der Waals surface area contributed by atoms with Gasteiger partial charge < -0.3 is 20.3 Å². The molecule has 1 fully saturated rings. The first kappa shape index (κ1) is 18.8. The van der Waals surface area contributed by atoms with Gasteiger partial charge in [0.05, 0.1) is 18.8 Å². The number of methoxy groups -OCH3 is 1. The molecule has 1 heterocycles. The molecule has 6 nitrogen and oxygen atoms in total. The van der Waals surface area contributed by atoms with E-state index in [1.54, 1.807) is 12.0 Å². The minimum absolute atomic E-state index is 0.0979. The molecular formula is C21H25N3O3. The predicted octanol–water partition coefficient (Wildman–Crippen LogP) is 3.49. The fourth-order valence-electron chi connectivity index (χ4n) is 3.31. The fourth-order valence-corrected chi connectivity index (χ4v) is 3.31. The molecule has 27 heavy (non-hydrogen) atoms. The van der Waals surface area contributed by atoms with Gasteiger partial charge in [0.2, 0.25) is 5.91 Å². The van der Waals surface area contributed by atoms with Crippen molar-refractivity contribution in [3.05, 3.63) is 48.5 Å². The average Bonchev–Trinajstić information content (AvgIpc) is 3.01. The maximum absolute atomic E-state index is 12.5. The highest BCUT2D eigenvalue weighted by atomic mass is 16.5. The number of ether oxygens (including phenoxy) is 1. The summed E-state index contributed by atoms with van der Waals surface area (Å²) in [5, 5.41) is 5.83. The molecule has 0 unspecified atom stereocenters. The number of urea groups is 1. The van der Waals surface area contributed by atoms with E-state index in [-0.39, 0.29) is 18.0 Å². The van der Waals surface area contributed by atoms with Gasteiger partial charge in [0.25, 0.3) is 0 Å². The predicted molar refractivity (Wildman–Crippen MR) is 106 cm³/mol. The van der Waals surface area contributed by atoms with Crippen LogP contribution < -0.4 is 15.4 Å². The number of carbonyl (C=O) groups excluding carboxylic acids is 2. The number of likely N-dealkylation sites (tertiary alicyclic amines) is 1. The Kier molecular flexibility index (Phi) is 5.96. The highest BCUT2D eigenvalue weighted by Gasteiger charge is 2.29. The number of hydrogen-bond donors (Lipinski definition) is 2. The van der Waals surface area contributed by atoms with E-state index in [4.69, 9.17) is 4.74 Å². The van der Waals surface area contributed by atoms with Crippen LogP contribution in [0.5, 0.6) is 5.75 Å². The number of benzene rings is 2. The summed E-state index contributed by atoms with van der Waals surface area (Å²) in [5.74, 6) is 0.880. The number of para-hydroxylation sites is 1. The van der Waals surface area contributed by atoms with Crippen LogP contribution in [-0.4, -0.2) is 43.1 Å². The molecule has 2 aromatic rings. The first-order valence-electron chi connectivity index (χ1n) is 9.19. The van der Waals surface area contributed by atoms with Crippen LogP contribution in [0.4, 0.5) is 10.5 Å². The highest BCUT2D eigenvalue weighted by Crippen LogP contribution is 2.29. The van der Waals surface area contributed by atoms with Crippen LogP contribution >= 0.6 is 0 Å². The smallest absolute Gasteiger partial charge is 0.319 e. The Hall–Kier alpha value is -3.02. The first-order valence-corrected chi connectivity index (χ1v) is 9.19.